The van der Waals surface area contributed by atoms with Crippen LogP contribution >= 0.6 is 0 Å². The summed E-state index contributed by atoms with van der Waals surface area (Å²) in [7, 11) is 0. The molecule has 0 radical (unpaired) electrons. The Labute approximate surface area is 92.6 Å². The minimum Gasteiger partial charge on any atom is -0.450 e. The first-order chi connectivity index (χ1) is 7.71. The maximum atomic E-state index is 13.1. The highest BCUT2D eigenvalue weighted by atomic mass is 19.1. The molecule has 84 valence electrons. The van der Waals surface area contributed by atoms with Crippen molar-refractivity contribution in [3.8, 4) is 0 Å². The zero-order valence-corrected chi connectivity index (χ0v) is 8.75. The van der Waals surface area contributed by atoms with Crippen LogP contribution in [0, 0.1) is 5.82 Å². The van der Waals surface area contributed by atoms with Gasteiger partial charge in [0.1, 0.15) is 11.4 Å². The highest BCUT2D eigenvalue weighted by Crippen LogP contribution is 2.42. The summed E-state index contributed by atoms with van der Waals surface area (Å²) >= 11 is 0. The Morgan fingerprint density at radius 3 is 2.81 bits per heavy atom. The van der Waals surface area contributed by atoms with Crippen molar-refractivity contribution >= 4 is 5.97 Å². The lowest BCUT2D eigenvalue weighted by Gasteiger charge is -2.33. The number of carbonyl (C=O) groups excluding carboxylic acids is 1. The molecule has 0 saturated carbocycles. The van der Waals surface area contributed by atoms with Gasteiger partial charge in [0.25, 0.3) is 0 Å². The summed E-state index contributed by atoms with van der Waals surface area (Å²) in [6.45, 7) is 1.65. The van der Waals surface area contributed by atoms with E-state index in [1.165, 1.54) is 12.1 Å². The third-order valence-electron chi connectivity index (χ3n) is 3.39. The van der Waals surface area contributed by atoms with Gasteiger partial charge < -0.3 is 10.1 Å². The number of hydrogen-bond donors (Lipinski definition) is 1. The number of ether oxygens (including phenoxy) is 1. The Balaban J connectivity index is 2.11. The number of hydrogen-bond acceptors (Lipinski definition) is 3. The third-order valence-corrected chi connectivity index (χ3v) is 3.39. The smallest absolute Gasteiger partial charge is 0.339 e. The molecule has 4 heteroatoms. The van der Waals surface area contributed by atoms with E-state index in [2.05, 4.69) is 5.32 Å². The van der Waals surface area contributed by atoms with Gasteiger partial charge in [0, 0.05) is 18.4 Å². The predicted octanol–water partition coefficient (Wildman–Crippen LogP) is 1.57. The summed E-state index contributed by atoms with van der Waals surface area (Å²) in [5.74, 6) is -0.780. The second kappa shape index (κ2) is 3.28. The molecular weight excluding hydrogens is 209 g/mol. The van der Waals surface area contributed by atoms with Crippen molar-refractivity contribution in [2.75, 3.05) is 13.1 Å². The summed E-state index contributed by atoms with van der Waals surface area (Å²) < 4.78 is 18.5. The topological polar surface area (TPSA) is 38.3 Å². The van der Waals surface area contributed by atoms with Gasteiger partial charge in [0.2, 0.25) is 0 Å². The van der Waals surface area contributed by atoms with E-state index in [1.807, 2.05) is 0 Å². The van der Waals surface area contributed by atoms with Gasteiger partial charge in [-0.15, -0.1) is 0 Å². The minimum atomic E-state index is -0.509. The number of rotatable bonds is 0. The molecule has 1 fully saturated rings. The number of nitrogens with one attached hydrogen (secondary N) is 1. The molecule has 0 unspecified atom stereocenters. The van der Waals surface area contributed by atoms with Gasteiger partial charge in [-0.3, -0.25) is 0 Å². The summed E-state index contributed by atoms with van der Waals surface area (Å²) in [5.41, 5.74) is 0.730. The second-order valence-corrected chi connectivity index (χ2v) is 4.32. The molecule has 1 aromatic rings. The maximum Gasteiger partial charge on any atom is 0.339 e. The molecule has 3 nitrogen and oxygen atoms in total. The lowest BCUT2D eigenvalue weighted by atomic mass is 9.84. The molecule has 0 bridgehead atoms. The van der Waals surface area contributed by atoms with Crippen LogP contribution in [0.25, 0.3) is 0 Å². The van der Waals surface area contributed by atoms with Crippen molar-refractivity contribution in [1.82, 2.24) is 5.32 Å². The largest absolute Gasteiger partial charge is 0.450 e. The van der Waals surface area contributed by atoms with Gasteiger partial charge in [0.15, 0.2) is 0 Å². The Morgan fingerprint density at radius 2 is 2.06 bits per heavy atom. The van der Waals surface area contributed by atoms with Gasteiger partial charge in [0.05, 0.1) is 5.56 Å². The van der Waals surface area contributed by atoms with Gasteiger partial charge in [-0.25, -0.2) is 9.18 Å². The Kier molecular flexibility index (Phi) is 2.01. The van der Waals surface area contributed by atoms with E-state index < -0.39 is 11.6 Å². The van der Waals surface area contributed by atoms with Crippen molar-refractivity contribution in [1.29, 1.82) is 0 Å². The van der Waals surface area contributed by atoms with Crippen LogP contribution in [0.5, 0.6) is 0 Å². The second-order valence-electron chi connectivity index (χ2n) is 4.32. The first-order valence-electron chi connectivity index (χ1n) is 5.45. The number of esters is 1. The van der Waals surface area contributed by atoms with E-state index in [4.69, 9.17) is 4.74 Å². The summed E-state index contributed by atoms with van der Waals surface area (Å²) in [6, 6.07) is 4.35. The minimum absolute atomic E-state index is 0.387. The van der Waals surface area contributed by atoms with Crippen molar-refractivity contribution in [3.05, 3.63) is 35.1 Å². The van der Waals surface area contributed by atoms with E-state index in [9.17, 15) is 9.18 Å². The highest BCUT2D eigenvalue weighted by Gasteiger charge is 2.46. The summed E-state index contributed by atoms with van der Waals surface area (Å²) in [4.78, 5) is 11.7. The van der Waals surface area contributed by atoms with Crippen LogP contribution in [0.2, 0.25) is 0 Å². The Hall–Kier alpha value is -1.42. The van der Waals surface area contributed by atoms with Gasteiger partial charge in [-0.05, 0) is 25.2 Å². The highest BCUT2D eigenvalue weighted by molar-refractivity contribution is 5.94. The average molecular weight is 221 g/mol. The molecule has 1 spiro atoms. The molecule has 0 aromatic heterocycles. The molecule has 0 atom stereocenters. The predicted molar refractivity (Wildman–Crippen MR) is 55.6 cm³/mol. The Morgan fingerprint density at radius 1 is 1.31 bits per heavy atom. The van der Waals surface area contributed by atoms with E-state index in [0.29, 0.717) is 5.56 Å². The molecule has 1 saturated heterocycles. The van der Waals surface area contributed by atoms with Crippen LogP contribution in [0.1, 0.15) is 28.8 Å². The van der Waals surface area contributed by atoms with Crippen LogP contribution in [-0.4, -0.2) is 19.1 Å². The maximum absolute atomic E-state index is 13.1. The molecule has 0 amide bonds. The molecule has 1 N–H and O–H groups in total. The number of piperidine rings is 1. The number of halogens is 1. The Bertz CT molecular complexity index is 452. The van der Waals surface area contributed by atoms with Gasteiger partial charge in [-0.2, -0.15) is 0 Å². The quantitative estimate of drug-likeness (QED) is 0.676. The van der Waals surface area contributed by atoms with Crippen LogP contribution in [-0.2, 0) is 10.3 Å². The van der Waals surface area contributed by atoms with Crippen LogP contribution < -0.4 is 5.32 Å². The normalized spacial score (nSPS) is 21.9. The van der Waals surface area contributed by atoms with Gasteiger partial charge in [-0.1, -0.05) is 6.07 Å². The number of fused-ring (bicyclic) bond motifs is 2. The molecule has 2 aliphatic heterocycles. The molecule has 2 aliphatic rings. The van der Waals surface area contributed by atoms with E-state index in [-0.39, 0.29) is 5.82 Å². The zero-order valence-electron chi connectivity index (χ0n) is 8.75. The van der Waals surface area contributed by atoms with Gasteiger partial charge >= 0.3 is 5.97 Å². The molecule has 16 heavy (non-hydrogen) atoms. The SMILES string of the molecule is O=C1OC2(CCNCC2)c2ccc(F)cc21. The fourth-order valence-corrected chi connectivity index (χ4v) is 2.57. The van der Waals surface area contributed by atoms with E-state index in [0.717, 1.165) is 31.5 Å². The summed E-state index contributed by atoms with van der Waals surface area (Å²) in [6.07, 6.45) is 1.52. The molecule has 0 aliphatic carbocycles. The van der Waals surface area contributed by atoms with Crippen LogP contribution in [0.3, 0.4) is 0 Å². The van der Waals surface area contributed by atoms with E-state index >= 15 is 0 Å². The van der Waals surface area contributed by atoms with Crippen molar-refractivity contribution in [2.45, 2.75) is 18.4 Å². The average Bonchev–Trinajstić information content (AvgIpc) is 2.53. The van der Waals surface area contributed by atoms with Crippen LogP contribution in [0.4, 0.5) is 4.39 Å². The molecule has 2 heterocycles. The first kappa shape index (κ1) is 9.78. The number of benzene rings is 1. The standard InChI is InChI=1S/C12H12FNO2/c13-8-1-2-10-9(7-8)11(15)16-12(10)3-5-14-6-4-12/h1-2,7,14H,3-6H2. The molecular formula is C12H12FNO2. The lowest BCUT2D eigenvalue weighted by Crippen LogP contribution is -2.39. The van der Waals surface area contributed by atoms with E-state index in [1.54, 1.807) is 6.07 Å². The van der Waals surface area contributed by atoms with Crippen LogP contribution in [0.15, 0.2) is 18.2 Å². The van der Waals surface area contributed by atoms with Crippen molar-refractivity contribution < 1.29 is 13.9 Å². The fraction of sp³-hybridized carbons (Fsp3) is 0.417. The summed E-state index contributed by atoms with van der Waals surface area (Å²) in [5, 5.41) is 3.23. The fourth-order valence-electron chi connectivity index (χ4n) is 2.57. The monoisotopic (exact) mass is 221 g/mol. The number of carbonyl (C=O) groups is 1. The van der Waals surface area contributed by atoms with Crippen molar-refractivity contribution in [2.24, 2.45) is 0 Å². The van der Waals surface area contributed by atoms with Crippen molar-refractivity contribution in [3.63, 3.8) is 0 Å². The third kappa shape index (κ3) is 1.26. The molecule has 1 aromatic carbocycles. The molecule has 3 rings (SSSR count). The lowest BCUT2D eigenvalue weighted by molar-refractivity contribution is -0.0241. The zero-order chi connectivity index (χ0) is 11.2. The first-order valence-corrected chi connectivity index (χ1v) is 5.45.